The molecule has 1 amide bonds. The van der Waals surface area contributed by atoms with Crippen molar-refractivity contribution in [2.45, 2.75) is 51.5 Å². The van der Waals surface area contributed by atoms with Crippen molar-refractivity contribution in [3.63, 3.8) is 0 Å². The van der Waals surface area contributed by atoms with Crippen molar-refractivity contribution in [2.24, 2.45) is 5.41 Å². The summed E-state index contributed by atoms with van der Waals surface area (Å²) in [6.07, 6.45) is 8.87. The fraction of sp³-hybridized carbons (Fsp3) is 0.375. The minimum atomic E-state index is -0.380. The number of nitrogens with one attached hydrogen (secondary N) is 2. The van der Waals surface area contributed by atoms with Crippen LogP contribution in [0.4, 0.5) is 5.69 Å². The molecule has 2 aromatic rings. The van der Waals surface area contributed by atoms with Gasteiger partial charge in [-0.2, -0.15) is 0 Å². The van der Waals surface area contributed by atoms with Gasteiger partial charge in [0.15, 0.2) is 5.78 Å². The topological polar surface area (TPSA) is 71.1 Å². The van der Waals surface area contributed by atoms with E-state index in [0.29, 0.717) is 10.2 Å². The molecule has 1 unspecified atom stereocenters. The Hall–Kier alpha value is -1.89. The summed E-state index contributed by atoms with van der Waals surface area (Å²) in [5, 5.41) is 6.82. The maximum atomic E-state index is 12.6. The van der Waals surface area contributed by atoms with E-state index in [0.717, 1.165) is 43.4 Å². The number of hydrogen-bond donors (Lipinski definition) is 2. The third kappa shape index (κ3) is 4.45. The van der Waals surface area contributed by atoms with Crippen LogP contribution in [0, 0.1) is 5.41 Å². The van der Waals surface area contributed by atoms with E-state index in [4.69, 9.17) is 23.2 Å². The molecule has 1 heterocycles. The first-order chi connectivity index (χ1) is 15.3. The molecule has 2 aliphatic rings. The monoisotopic (exact) mass is 535 g/mol. The Morgan fingerprint density at radius 2 is 1.75 bits per heavy atom. The van der Waals surface area contributed by atoms with Gasteiger partial charge < -0.3 is 10.6 Å². The van der Waals surface area contributed by atoms with Crippen LogP contribution in [0.1, 0.15) is 54.9 Å². The van der Waals surface area contributed by atoms with Crippen molar-refractivity contribution in [3.8, 4) is 0 Å². The number of carbonyl (C=O) groups excluding carboxylic acids is 2. The molecular weight excluding hydrogens is 513 g/mol. The average Bonchev–Trinajstić information content (AvgIpc) is 2.78. The van der Waals surface area contributed by atoms with Crippen LogP contribution in [-0.2, 0) is 11.2 Å². The zero-order valence-electron chi connectivity index (χ0n) is 17.7. The van der Waals surface area contributed by atoms with E-state index in [9.17, 15) is 9.59 Å². The first kappa shape index (κ1) is 23.3. The summed E-state index contributed by atoms with van der Waals surface area (Å²) in [6, 6.07) is 7.84. The van der Waals surface area contributed by atoms with Gasteiger partial charge in [0.25, 0.3) is 5.91 Å². The number of aromatic nitrogens is 1. The minimum absolute atomic E-state index is 0.166. The number of nitrogens with zero attached hydrogens (tertiary/aromatic N) is 1. The van der Waals surface area contributed by atoms with E-state index in [1.54, 1.807) is 0 Å². The summed E-state index contributed by atoms with van der Waals surface area (Å²) < 4.78 is 0.706. The lowest BCUT2D eigenvalue weighted by atomic mass is 9.62. The lowest BCUT2D eigenvalue weighted by Gasteiger charge is -2.46. The number of rotatable bonds is 6. The second kappa shape index (κ2) is 9.54. The lowest BCUT2D eigenvalue weighted by Crippen LogP contribution is -2.51. The predicted octanol–water partition coefficient (Wildman–Crippen LogP) is 6.30. The fourth-order valence-corrected chi connectivity index (χ4v) is 6.03. The molecule has 5 nitrogen and oxygen atoms in total. The molecule has 8 heteroatoms. The smallest absolute Gasteiger partial charge is 0.258 e. The van der Waals surface area contributed by atoms with Crippen molar-refractivity contribution in [1.82, 2.24) is 10.3 Å². The van der Waals surface area contributed by atoms with E-state index in [1.807, 2.05) is 24.3 Å². The lowest BCUT2D eigenvalue weighted by molar-refractivity contribution is -0.127. The van der Waals surface area contributed by atoms with Gasteiger partial charge in [0.05, 0.1) is 25.5 Å². The number of carbonyl (C=O) groups is 2. The number of pyridine rings is 1. The Bertz CT molecular complexity index is 1060. The number of Topliss-reactive ketones (excluding diaryl/α,β-unsaturated/α-hetero) is 1. The van der Waals surface area contributed by atoms with Gasteiger partial charge >= 0.3 is 0 Å². The van der Waals surface area contributed by atoms with E-state index in [-0.39, 0.29) is 38.8 Å². The van der Waals surface area contributed by atoms with Crippen LogP contribution in [0.25, 0.3) is 0 Å². The molecule has 0 saturated heterocycles. The largest absolute Gasteiger partial charge is 0.384 e. The van der Waals surface area contributed by atoms with Gasteiger partial charge in [0.1, 0.15) is 0 Å². The quantitative estimate of drug-likeness (QED) is 0.454. The molecule has 1 fully saturated rings. The van der Waals surface area contributed by atoms with Gasteiger partial charge in [-0.15, -0.1) is 0 Å². The molecule has 4 rings (SSSR count). The highest BCUT2D eigenvalue weighted by Crippen LogP contribution is 2.53. The van der Waals surface area contributed by atoms with E-state index in [2.05, 4.69) is 38.5 Å². The summed E-state index contributed by atoms with van der Waals surface area (Å²) in [5.74, 6) is -0.129. The highest BCUT2D eigenvalue weighted by atomic mass is 79.9. The average molecular weight is 537 g/mol. The van der Waals surface area contributed by atoms with Crippen LogP contribution < -0.4 is 10.6 Å². The van der Waals surface area contributed by atoms with Crippen molar-refractivity contribution in [2.75, 3.05) is 5.32 Å². The van der Waals surface area contributed by atoms with Crippen molar-refractivity contribution < 1.29 is 9.59 Å². The third-order valence-electron chi connectivity index (χ3n) is 6.26. The molecule has 2 aliphatic carbocycles. The van der Waals surface area contributed by atoms with Gasteiger partial charge in [0.2, 0.25) is 0 Å². The fourth-order valence-electron chi connectivity index (χ4n) is 4.62. The second-order valence-electron chi connectivity index (χ2n) is 8.54. The maximum Gasteiger partial charge on any atom is 0.258 e. The van der Waals surface area contributed by atoms with Gasteiger partial charge in [-0.3, -0.25) is 14.6 Å². The molecule has 1 aromatic heterocycles. The number of anilines is 1. The number of halogens is 3. The summed E-state index contributed by atoms with van der Waals surface area (Å²) >= 11 is 15.6. The first-order valence-corrected chi connectivity index (χ1v) is 12.3. The SMILES string of the molecule is CC(Cc1ccc(NC(=O)c2c(Cl)cncc2Cl)cc1)NC1=C(Br)C(=O)C12CCCCC2. The van der Waals surface area contributed by atoms with Gasteiger partial charge in [-0.1, -0.05) is 54.6 Å². The maximum absolute atomic E-state index is 12.6. The number of allylic oxidation sites excluding steroid dienone is 2. The number of benzene rings is 1. The third-order valence-corrected chi connectivity index (χ3v) is 7.59. The Kier molecular flexibility index (Phi) is 6.94. The summed E-state index contributed by atoms with van der Waals surface area (Å²) in [4.78, 5) is 29.0. The van der Waals surface area contributed by atoms with Crippen LogP contribution >= 0.6 is 39.1 Å². The van der Waals surface area contributed by atoms with Crippen LogP contribution in [0.5, 0.6) is 0 Å². The van der Waals surface area contributed by atoms with Crippen molar-refractivity contribution in [3.05, 3.63) is 68.0 Å². The molecule has 0 bridgehead atoms. The molecular formula is C24H24BrCl2N3O2. The van der Waals surface area contributed by atoms with E-state index >= 15 is 0 Å². The Morgan fingerprint density at radius 3 is 2.38 bits per heavy atom. The molecule has 1 aromatic carbocycles. The molecule has 1 saturated carbocycles. The van der Waals surface area contributed by atoms with Crippen LogP contribution in [0.3, 0.4) is 0 Å². The summed E-state index contributed by atoms with van der Waals surface area (Å²) in [6.45, 7) is 2.12. The zero-order chi connectivity index (χ0) is 22.9. The van der Waals surface area contributed by atoms with Crippen molar-refractivity contribution in [1.29, 1.82) is 0 Å². The molecule has 0 radical (unpaired) electrons. The molecule has 1 atom stereocenters. The summed E-state index contributed by atoms with van der Waals surface area (Å²) in [5.41, 5.74) is 2.76. The van der Waals surface area contributed by atoms with Gasteiger partial charge in [0, 0.05) is 29.8 Å². The summed E-state index contributed by atoms with van der Waals surface area (Å²) in [7, 11) is 0. The Morgan fingerprint density at radius 1 is 1.12 bits per heavy atom. The normalized spacial score (nSPS) is 18.3. The van der Waals surface area contributed by atoms with Crippen LogP contribution in [-0.4, -0.2) is 22.7 Å². The van der Waals surface area contributed by atoms with E-state index in [1.165, 1.54) is 18.8 Å². The molecule has 0 aliphatic heterocycles. The first-order valence-electron chi connectivity index (χ1n) is 10.7. The molecule has 1 spiro atoms. The highest BCUT2D eigenvalue weighted by Gasteiger charge is 2.53. The molecule has 32 heavy (non-hydrogen) atoms. The number of amides is 1. The second-order valence-corrected chi connectivity index (χ2v) is 10.1. The van der Waals surface area contributed by atoms with E-state index < -0.39 is 0 Å². The molecule has 168 valence electrons. The standard InChI is InChI=1S/C24H24BrCl2N3O2/c1-14(29-21-20(25)22(31)24(21)9-3-2-4-10-24)11-15-5-7-16(8-6-15)30-23(32)19-17(26)12-28-13-18(19)27/h5-8,12-14,29H,2-4,9-11H2,1H3,(H,30,32). The van der Waals surface area contributed by atoms with Crippen LogP contribution in [0.15, 0.2) is 46.8 Å². The van der Waals surface area contributed by atoms with Gasteiger partial charge in [-0.25, -0.2) is 0 Å². The van der Waals surface area contributed by atoms with Crippen molar-refractivity contribution >= 4 is 56.5 Å². The molecule has 2 N–H and O–H groups in total. The minimum Gasteiger partial charge on any atom is -0.384 e. The predicted molar refractivity (Wildman–Crippen MR) is 131 cm³/mol. The van der Waals surface area contributed by atoms with Crippen LogP contribution in [0.2, 0.25) is 10.0 Å². The van der Waals surface area contributed by atoms with Gasteiger partial charge in [-0.05, 0) is 59.8 Å². The highest BCUT2D eigenvalue weighted by molar-refractivity contribution is 9.12. The Labute approximate surface area is 206 Å². The Balaban J connectivity index is 1.38. The number of ketones is 1. The zero-order valence-corrected chi connectivity index (χ0v) is 20.8. The number of hydrogen-bond acceptors (Lipinski definition) is 4.